The van der Waals surface area contributed by atoms with Crippen molar-refractivity contribution in [2.45, 2.75) is 45.4 Å². The topological polar surface area (TPSA) is 116 Å². The number of alkyl carbamates (subject to hydrolysis) is 1. The van der Waals surface area contributed by atoms with E-state index < -0.39 is 30.2 Å². The third-order valence-electron chi connectivity index (χ3n) is 6.74. The summed E-state index contributed by atoms with van der Waals surface area (Å²) in [6, 6.07) is 11.2. The third kappa shape index (κ3) is 6.49. The van der Waals surface area contributed by atoms with Gasteiger partial charge in [0.05, 0.1) is 11.6 Å². The van der Waals surface area contributed by atoms with Crippen LogP contribution in [0.4, 0.5) is 13.6 Å². The van der Waals surface area contributed by atoms with Gasteiger partial charge in [-0.05, 0) is 37.3 Å². The van der Waals surface area contributed by atoms with Crippen molar-refractivity contribution >= 4 is 40.3 Å². The molecule has 0 aliphatic carbocycles. The Morgan fingerprint density at radius 2 is 1.93 bits per heavy atom. The van der Waals surface area contributed by atoms with Crippen LogP contribution in [0.3, 0.4) is 0 Å². The molecule has 0 bridgehead atoms. The molecule has 10 nitrogen and oxygen atoms in total. The standard InChI is InChI=1S/C29H26ClF2N5O5/c1-17(38)22-14-36(24-7-6-20(11-21(22)24)41-16-25-33-8-3-9-34-25)15-26(39)37-13-19(31)10-27(37)42-29(40)35-12-18-4-2-5-23(30)28(18)32/h2-9,11,14,19,27H,10,12-13,15-16H2,1H3,(H,35,40)/t19-,27+/m1/s1. The van der Waals surface area contributed by atoms with Gasteiger partial charge in [-0.1, -0.05) is 23.7 Å². The van der Waals surface area contributed by atoms with Crippen molar-refractivity contribution in [3.05, 3.63) is 88.8 Å². The highest BCUT2D eigenvalue weighted by atomic mass is 35.5. The number of carbonyl (C=O) groups is 3. The maximum atomic E-state index is 14.4. The Morgan fingerprint density at radius 1 is 1.14 bits per heavy atom. The lowest BCUT2D eigenvalue weighted by Gasteiger charge is -2.24. The molecule has 0 unspecified atom stereocenters. The van der Waals surface area contributed by atoms with E-state index in [1.54, 1.807) is 47.4 Å². The molecule has 13 heteroatoms. The molecule has 0 radical (unpaired) electrons. The van der Waals surface area contributed by atoms with Gasteiger partial charge in [-0.2, -0.15) is 0 Å². The van der Waals surface area contributed by atoms with E-state index in [0.29, 0.717) is 28.0 Å². The normalized spacial score (nSPS) is 16.4. The number of Topliss-reactive ketones (excluding diaryl/α,β-unsaturated/α-hetero) is 1. The molecule has 42 heavy (non-hydrogen) atoms. The fourth-order valence-corrected chi connectivity index (χ4v) is 4.90. The van der Waals surface area contributed by atoms with E-state index >= 15 is 0 Å². The first-order valence-corrected chi connectivity index (χ1v) is 13.4. The van der Waals surface area contributed by atoms with Crippen LogP contribution < -0.4 is 10.1 Å². The first-order valence-electron chi connectivity index (χ1n) is 13.0. The monoisotopic (exact) mass is 597 g/mol. The number of alkyl halides is 1. The highest BCUT2D eigenvalue weighted by Gasteiger charge is 2.38. The number of ketones is 1. The molecule has 0 spiro atoms. The summed E-state index contributed by atoms with van der Waals surface area (Å²) in [6.07, 6.45) is 1.06. The molecule has 1 N–H and O–H groups in total. The Morgan fingerprint density at radius 3 is 2.69 bits per heavy atom. The van der Waals surface area contributed by atoms with Gasteiger partial charge in [0.2, 0.25) is 5.91 Å². The average molecular weight is 598 g/mol. The van der Waals surface area contributed by atoms with Crippen molar-refractivity contribution in [1.29, 1.82) is 0 Å². The zero-order valence-corrected chi connectivity index (χ0v) is 23.2. The lowest BCUT2D eigenvalue weighted by atomic mass is 10.1. The van der Waals surface area contributed by atoms with Crippen LogP contribution in [0.25, 0.3) is 10.9 Å². The zero-order chi connectivity index (χ0) is 29.8. The number of fused-ring (bicyclic) bond motifs is 1. The van der Waals surface area contributed by atoms with Gasteiger partial charge in [-0.15, -0.1) is 0 Å². The zero-order valence-electron chi connectivity index (χ0n) is 22.4. The number of amides is 2. The highest BCUT2D eigenvalue weighted by Crippen LogP contribution is 2.28. The number of nitrogens with zero attached hydrogens (tertiary/aromatic N) is 4. The van der Waals surface area contributed by atoms with E-state index in [1.807, 2.05) is 0 Å². The molecule has 2 aromatic heterocycles. The van der Waals surface area contributed by atoms with Gasteiger partial charge in [-0.3, -0.25) is 9.59 Å². The van der Waals surface area contributed by atoms with Crippen LogP contribution in [-0.4, -0.2) is 56.2 Å². The number of hydrogen-bond donors (Lipinski definition) is 1. The molecule has 5 rings (SSSR count). The second kappa shape index (κ2) is 12.5. The Bertz CT molecular complexity index is 1630. The van der Waals surface area contributed by atoms with Crippen LogP contribution in [0.5, 0.6) is 5.75 Å². The number of rotatable bonds is 9. The first-order chi connectivity index (χ1) is 20.2. The number of hydrogen-bond acceptors (Lipinski definition) is 7. The summed E-state index contributed by atoms with van der Waals surface area (Å²) in [4.78, 5) is 47.5. The molecule has 2 aromatic carbocycles. The number of carbonyl (C=O) groups excluding carboxylic acids is 3. The summed E-state index contributed by atoms with van der Waals surface area (Å²) < 4.78 is 41.2. The smallest absolute Gasteiger partial charge is 0.409 e. The largest absolute Gasteiger partial charge is 0.486 e. The van der Waals surface area contributed by atoms with E-state index in [4.69, 9.17) is 21.1 Å². The summed E-state index contributed by atoms with van der Waals surface area (Å²) in [7, 11) is 0. The molecular formula is C29H26ClF2N5O5. The van der Waals surface area contributed by atoms with Crippen LogP contribution in [0.15, 0.2) is 61.1 Å². The molecule has 2 atom stereocenters. The summed E-state index contributed by atoms with van der Waals surface area (Å²) in [6.45, 7) is 0.835. The van der Waals surface area contributed by atoms with Gasteiger partial charge in [0.1, 0.15) is 30.9 Å². The van der Waals surface area contributed by atoms with Gasteiger partial charge >= 0.3 is 6.09 Å². The first kappa shape index (κ1) is 28.9. The van der Waals surface area contributed by atoms with Crippen molar-refractivity contribution in [2.75, 3.05) is 6.54 Å². The van der Waals surface area contributed by atoms with Crippen molar-refractivity contribution < 1.29 is 32.6 Å². The molecule has 2 amide bonds. The van der Waals surface area contributed by atoms with Crippen molar-refractivity contribution in [1.82, 2.24) is 24.8 Å². The summed E-state index contributed by atoms with van der Waals surface area (Å²) in [5, 5.41) is 2.89. The SMILES string of the molecule is CC(=O)c1cn(CC(=O)N2C[C@H](F)C[C@@H]2OC(=O)NCc2cccc(Cl)c2F)c2ccc(OCc3ncccn3)cc12. The van der Waals surface area contributed by atoms with Gasteiger partial charge in [0, 0.05) is 53.6 Å². The number of likely N-dealkylation sites (tertiary alicyclic amines) is 1. The Kier molecular flexibility index (Phi) is 8.62. The van der Waals surface area contributed by atoms with E-state index in [1.165, 1.54) is 25.1 Å². The Hall–Kier alpha value is -4.58. The van der Waals surface area contributed by atoms with Crippen molar-refractivity contribution in [3.8, 4) is 5.75 Å². The summed E-state index contributed by atoms with van der Waals surface area (Å²) in [5.41, 5.74) is 1.11. The number of halogens is 3. The predicted molar refractivity (Wildman–Crippen MR) is 148 cm³/mol. The second-order valence-electron chi connectivity index (χ2n) is 9.67. The fraction of sp³-hybridized carbons (Fsp3) is 0.276. The average Bonchev–Trinajstić information content (AvgIpc) is 3.52. The maximum Gasteiger partial charge on any atom is 0.409 e. The van der Waals surface area contributed by atoms with Gasteiger partial charge < -0.3 is 24.3 Å². The van der Waals surface area contributed by atoms with E-state index in [9.17, 15) is 23.2 Å². The molecule has 1 aliphatic heterocycles. The minimum Gasteiger partial charge on any atom is -0.486 e. The second-order valence-corrected chi connectivity index (χ2v) is 10.1. The van der Waals surface area contributed by atoms with E-state index in [2.05, 4.69) is 15.3 Å². The predicted octanol–water partition coefficient (Wildman–Crippen LogP) is 4.83. The van der Waals surface area contributed by atoms with Crippen LogP contribution >= 0.6 is 11.6 Å². The van der Waals surface area contributed by atoms with E-state index in [0.717, 1.165) is 4.90 Å². The minimum atomic E-state index is -1.40. The minimum absolute atomic E-state index is 0.0912. The van der Waals surface area contributed by atoms with Crippen LogP contribution in [0.2, 0.25) is 5.02 Å². The fourth-order valence-electron chi connectivity index (χ4n) is 4.71. The lowest BCUT2D eigenvalue weighted by molar-refractivity contribution is -0.138. The third-order valence-corrected chi connectivity index (χ3v) is 7.03. The van der Waals surface area contributed by atoms with Crippen LogP contribution in [0, 0.1) is 5.82 Å². The maximum absolute atomic E-state index is 14.4. The molecule has 3 heterocycles. The highest BCUT2D eigenvalue weighted by molar-refractivity contribution is 6.30. The molecule has 1 saturated heterocycles. The van der Waals surface area contributed by atoms with Gasteiger partial charge in [-0.25, -0.2) is 23.5 Å². The molecule has 1 aliphatic rings. The van der Waals surface area contributed by atoms with Crippen LogP contribution in [-0.2, 0) is 29.2 Å². The molecule has 0 saturated carbocycles. The summed E-state index contributed by atoms with van der Waals surface area (Å²) >= 11 is 5.77. The quantitative estimate of drug-likeness (QED) is 0.275. The lowest BCUT2D eigenvalue weighted by Crippen LogP contribution is -2.42. The summed E-state index contributed by atoms with van der Waals surface area (Å²) in [5.74, 6) is -0.422. The van der Waals surface area contributed by atoms with Crippen molar-refractivity contribution in [3.63, 3.8) is 0 Å². The van der Waals surface area contributed by atoms with Gasteiger partial charge in [0.25, 0.3) is 0 Å². The number of aromatic nitrogens is 3. The molecule has 4 aromatic rings. The van der Waals surface area contributed by atoms with Crippen LogP contribution in [0.1, 0.15) is 35.1 Å². The Balaban J connectivity index is 1.27. The molecule has 218 valence electrons. The Labute approximate surface area is 244 Å². The van der Waals surface area contributed by atoms with E-state index in [-0.39, 0.29) is 49.0 Å². The molecular weight excluding hydrogens is 572 g/mol. The number of nitrogens with one attached hydrogen (secondary N) is 1. The molecule has 1 fully saturated rings. The number of ether oxygens (including phenoxy) is 2. The number of benzene rings is 2. The van der Waals surface area contributed by atoms with Crippen molar-refractivity contribution in [2.24, 2.45) is 0 Å². The van der Waals surface area contributed by atoms with Gasteiger partial charge in [0.15, 0.2) is 17.8 Å².